The molecule has 0 saturated carbocycles. The SMILES string of the molecule is Cc1c(-c2nc3ccccc3c(-c3oc4ccccc4c3C)c2C(=O)O)oc2ccccc12. The summed E-state index contributed by atoms with van der Waals surface area (Å²) in [6.45, 7) is 3.88. The van der Waals surface area contributed by atoms with Gasteiger partial charge in [0.1, 0.15) is 28.2 Å². The number of furan rings is 2. The van der Waals surface area contributed by atoms with Crippen LogP contribution in [0.2, 0.25) is 0 Å². The molecule has 160 valence electrons. The van der Waals surface area contributed by atoms with Gasteiger partial charge in [0.05, 0.1) is 5.52 Å². The van der Waals surface area contributed by atoms with E-state index in [-0.39, 0.29) is 5.56 Å². The number of pyridine rings is 1. The maximum atomic E-state index is 12.8. The first-order valence-electron chi connectivity index (χ1n) is 10.7. The predicted molar refractivity (Wildman–Crippen MR) is 129 cm³/mol. The number of hydrogen-bond acceptors (Lipinski definition) is 4. The van der Waals surface area contributed by atoms with Gasteiger partial charge in [0, 0.05) is 32.8 Å². The molecule has 3 aromatic heterocycles. The Morgan fingerprint density at radius 1 is 0.727 bits per heavy atom. The summed E-state index contributed by atoms with van der Waals surface area (Å²) >= 11 is 0. The number of rotatable bonds is 3. The molecule has 6 rings (SSSR count). The second kappa shape index (κ2) is 7.07. The predicted octanol–water partition coefficient (Wildman–Crippen LogP) is 7.38. The summed E-state index contributed by atoms with van der Waals surface area (Å²) in [5.41, 5.74) is 4.69. The average molecular weight is 433 g/mol. The molecule has 0 spiro atoms. The van der Waals surface area contributed by atoms with Crippen molar-refractivity contribution in [3.63, 3.8) is 0 Å². The van der Waals surface area contributed by atoms with Gasteiger partial charge in [-0.2, -0.15) is 0 Å². The summed E-state index contributed by atoms with van der Waals surface area (Å²) in [5, 5.41) is 13.0. The molecule has 0 aliphatic heterocycles. The molecule has 5 heteroatoms. The number of hydrogen-bond donors (Lipinski definition) is 1. The normalized spacial score (nSPS) is 11.6. The molecule has 0 aliphatic carbocycles. The molecule has 0 atom stereocenters. The first-order valence-corrected chi connectivity index (χ1v) is 10.7. The van der Waals surface area contributed by atoms with Gasteiger partial charge in [-0.1, -0.05) is 54.6 Å². The van der Waals surface area contributed by atoms with Crippen LogP contribution in [-0.4, -0.2) is 16.1 Å². The Balaban J connectivity index is 1.79. The molecule has 0 fully saturated rings. The highest BCUT2D eigenvalue weighted by Gasteiger charge is 2.29. The van der Waals surface area contributed by atoms with E-state index in [1.807, 2.05) is 86.6 Å². The Labute approximate surface area is 188 Å². The average Bonchev–Trinajstić information content (AvgIpc) is 3.35. The van der Waals surface area contributed by atoms with Crippen molar-refractivity contribution < 1.29 is 18.7 Å². The van der Waals surface area contributed by atoms with E-state index in [4.69, 9.17) is 13.8 Å². The van der Waals surface area contributed by atoms with Gasteiger partial charge in [-0.05, 0) is 32.0 Å². The van der Waals surface area contributed by atoms with Crippen LogP contribution >= 0.6 is 0 Å². The van der Waals surface area contributed by atoms with Crippen LogP contribution < -0.4 is 0 Å². The zero-order chi connectivity index (χ0) is 22.7. The van der Waals surface area contributed by atoms with Crippen molar-refractivity contribution in [1.29, 1.82) is 0 Å². The molecule has 3 heterocycles. The molecule has 0 radical (unpaired) electrons. The molecule has 33 heavy (non-hydrogen) atoms. The van der Waals surface area contributed by atoms with E-state index in [1.165, 1.54) is 0 Å². The second-order valence-electron chi connectivity index (χ2n) is 8.14. The van der Waals surface area contributed by atoms with Crippen molar-refractivity contribution in [3.05, 3.63) is 89.5 Å². The minimum absolute atomic E-state index is 0.0676. The lowest BCUT2D eigenvalue weighted by molar-refractivity contribution is 0.0698. The van der Waals surface area contributed by atoms with Crippen LogP contribution in [0.3, 0.4) is 0 Å². The smallest absolute Gasteiger partial charge is 0.338 e. The molecular formula is C28H19NO4. The number of carbonyl (C=O) groups is 1. The zero-order valence-corrected chi connectivity index (χ0v) is 18.0. The number of aryl methyl sites for hydroxylation is 2. The molecule has 0 saturated heterocycles. The Morgan fingerprint density at radius 3 is 1.85 bits per heavy atom. The number of carboxylic acid groups (broad SMARTS) is 1. The molecule has 0 unspecified atom stereocenters. The van der Waals surface area contributed by atoms with Gasteiger partial charge in [0.25, 0.3) is 0 Å². The number of fused-ring (bicyclic) bond motifs is 3. The lowest BCUT2D eigenvalue weighted by Crippen LogP contribution is -2.06. The first kappa shape index (κ1) is 19.3. The molecule has 0 aliphatic rings. The molecule has 3 aromatic carbocycles. The summed E-state index contributed by atoms with van der Waals surface area (Å²) < 4.78 is 12.4. The third-order valence-corrected chi connectivity index (χ3v) is 6.24. The molecule has 0 bridgehead atoms. The number of nitrogens with zero attached hydrogens (tertiary/aromatic N) is 1. The summed E-state index contributed by atoms with van der Waals surface area (Å²) in [5.74, 6) is -0.102. The van der Waals surface area contributed by atoms with Gasteiger partial charge in [-0.15, -0.1) is 0 Å². The van der Waals surface area contributed by atoms with Gasteiger partial charge < -0.3 is 13.9 Å². The van der Waals surface area contributed by atoms with Crippen molar-refractivity contribution in [2.75, 3.05) is 0 Å². The van der Waals surface area contributed by atoms with Crippen molar-refractivity contribution in [1.82, 2.24) is 4.98 Å². The van der Waals surface area contributed by atoms with E-state index in [0.29, 0.717) is 39.5 Å². The first-order chi connectivity index (χ1) is 16.0. The van der Waals surface area contributed by atoms with Crippen LogP contribution in [0.15, 0.2) is 81.6 Å². The molecule has 1 N–H and O–H groups in total. The molecular weight excluding hydrogens is 414 g/mol. The number of aromatic carboxylic acids is 1. The third kappa shape index (κ3) is 2.79. The molecule has 6 aromatic rings. The number of aromatic nitrogens is 1. The summed E-state index contributed by atoms with van der Waals surface area (Å²) in [6, 6.07) is 22.9. The van der Waals surface area contributed by atoms with Crippen LogP contribution in [0, 0.1) is 13.8 Å². The largest absolute Gasteiger partial charge is 0.478 e. The topological polar surface area (TPSA) is 76.5 Å². The highest BCUT2D eigenvalue weighted by atomic mass is 16.4. The fourth-order valence-corrected chi connectivity index (χ4v) is 4.63. The van der Waals surface area contributed by atoms with E-state index in [9.17, 15) is 9.90 Å². The van der Waals surface area contributed by atoms with E-state index in [2.05, 4.69) is 0 Å². The summed E-state index contributed by atoms with van der Waals surface area (Å²) in [7, 11) is 0. The van der Waals surface area contributed by atoms with Crippen molar-refractivity contribution in [3.8, 4) is 22.8 Å². The highest BCUT2D eigenvalue weighted by Crippen LogP contribution is 2.43. The van der Waals surface area contributed by atoms with Crippen molar-refractivity contribution >= 4 is 38.8 Å². The van der Waals surface area contributed by atoms with Gasteiger partial charge in [0.15, 0.2) is 5.76 Å². The molecule has 5 nitrogen and oxygen atoms in total. The second-order valence-corrected chi connectivity index (χ2v) is 8.14. The lowest BCUT2D eigenvalue weighted by atomic mass is 9.94. The van der Waals surface area contributed by atoms with Gasteiger partial charge in [-0.3, -0.25) is 0 Å². The Bertz CT molecular complexity index is 1720. The monoisotopic (exact) mass is 433 g/mol. The maximum Gasteiger partial charge on any atom is 0.338 e. The maximum absolute atomic E-state index is 12.8. The number of benzene rings is 3. The van der Waals surface area contributed by atoms with Crippen LogP contribution in [0.25, 0.3) is 55.6 Å². The Hall–Kier alpha value is -4.38. The summed E-state index contributed by atoms with van der Waals surface area (Å²) in [6.07, 6.45) is 0. The third-order valence-electron chi connectivity index (χ3n) is 6.24. The van der Waals surface area contributed by atoms with E-state index in [0.717, 1.165) is 27.3 Å². The van der Waals surface area contributed by atoms with Crippen LogP contribution in [-0.2, 0) is 0 Å². The zero-order valence-electron chi connectivity index (χ0n) is 18.0. The van der Waals surface area contributed by atoms with E-state index < -0.39 is 5.97 Å². The van der Waals surface area contributed by atoms with Gasteiger partial charge in [-0.25, -0.2) is 9.78 Å². The standard InChI is InChI=1S/C28H19NO4/c1-15-17-9-4-7-13-21(17)32-26(15)23-19-11-3-6-12-20(19)29-25(24(23)28(30)31)27-16(2)18-10-5-8-14-22(18)33-27/h3-14H,1-2H3,(H,30,31). The minimum atomic E-state index is -1.09. The van der Waals surface area contributed by atoms with Gasteiger partial charge >= 0.3 is 5.97 Å². The van der Waals surface area contributed by atoms with E-state index >= 15 is 0 Å². The van der Waals surface area contributed by atoms with Crippen molar-refractivity contribution in [2.45, 2.75) is 13.8 Å². The fourth-order valence-electron chi connectivity index (χ4n) is 4.63. The Morgan fingerprint density at radius 2 is 1.24 bits per heavy atom. The number of para-hydroxylation sites is 3. The van der Waals surface area contributed by atoms with Crippen LogP contribution in [0.1, 0.15) is 21.5 Å². The van der Waals surface area contributed by atoms with E-state index in [1.54, 1.807) is 0 Å². The van der Waals surface area contributed by atoms with Crippen LogP contribution in [0.5, 0.6) is 0 Å². The van der Waals surface area contributed by atoms with Crippen molar-refractivity contribution in [2.24, 2.45) is 0 Å². The Kier molecular flexibility index (Phi) is 4.14. The molecule has 0 amide bonds. The minimum Gasteiger partial charge on any atom is -0.478 e. The summed E-state index contributed by atoms with van der Waals surface area (Å²) in [4.78, 5) is 17.5. The number of carboxylic acids is 1. The lowest BCUT2D eigenvalue weighted by Gasteiger charge is -2.13. The fraction of sp³-hybridized carbons (Fsp3) is 0.0714. The van der Waals surface area contributed by atoms with Gasteiger partial charge in [0.2, 0.25) is 0 Å². The quantitative estimate of drug-likeness (QED) is 0.315. The van der Waals surface area contributed by atoms with Crippen LogP contribution in [0.4, 0.5) is 0 Å². The highest BCUT2D eigenvalue weighted by molar-refractivity contribution is 6.11.